The molecule has 0 aliphatic carbocycles. The van der Waals surface area contributed by atoms with Gasteiger partial charge < -0.3 is 5.32 Å². The number of rotatable bonds is 17. The van der Waals surface area contributed by atoms with Crippen LogP contribution in [-0.4, -0.2) is 11.9 Å². The van der Waals surface area contributed by atoms with E-state index in [1.54, 1.807) is 0 Å². The Morgan fingerprint density at radius 1 is 0.708 bits per heavy atom. The minimum atomic E-state index is 0.256. The number of nitrogens with one attached hydrogen (secondary N) is 1. The van der Waals surface area contributed by atoms with Gasteiger partial charge in [-0.05, 0) is 18.8 Å². The number of carbonyl (C=O) groups excluding carboxylic acids is 1. The van der Waals surface area contributed by atoms with Crippen molar-refractivity contribution in [3.8, 4) is 0 Å². The fourth-order valence-electron chi connectivity index (χ4n) is 3.29. The van der Waals surface area contributed by atoms with Crippen molar-refractivity contribution in [2.75, 3.05) is 0 Å². The maximum atomic E-state index is 12.1. The molecule has 0 aliphatic heterocycles. The van der Waals surface area contributed by atoms with Gasteiger partial charge in [0.05, 0.1) is 0 Å². The summed E-state index contributed by atoms with van der Waals surface area (Å²) >= 11 is 0. The zero-order valence-corrected chi connectivity index (χ0v) is 17.2. The van der Waals surface area contributed by atoms with Gasteiger partial charge in [-0.3, -0.25) is 4.79 Å². The molecule has 0 spiro atoms. The highest BCUT2D eigenvalue weighted by Crippen LogP contribution is 2.15. The van der Waals surface area contributed by atoms with Gasteiger partial charge in [-0.1, -0.05) is 105 Å². The molecule has 2 nitrogen and oxygen atoms in total. The van der Waals surface area contributed by atoms with Crippen LogP contribution in [0.1, 0.15) is 124 Å². The van der Waals surface area contributed by atoms with E-state index in [0.29, 0.717) is 18.4 Å². The van der Waals surface area contributed by atoms with Crippen molar-refractivity contribution < 1.29 is 4.79 Å². The molecule has 0 radical (unpaired) electrons. The van der Waals surface area contributed by atoms with Gasteiger partial charge in [0.15, 0.2) is 0 Å². The number of hydrogen-bond acceptors (Lipinski definition) is 1. The van der Waals surface area contributed by atoms with Crippen LogP contribution >= 0.6 is 0 Å². The lowest BCUT2D eigenvalue weighted by Crippen LogP contribution is -2.35. The van der Waals surface area contributed by atoms with Crippen molar-refractivity contribution in [1.29, 1.82) is 0 Å². The highest BCUT2D eigenvalue weighted by molar-refractivity contribution is 5.76. The van der Waals surface area contributed by atoms with E-state index in [4.69, 9.17) is 0 Å². The van der Waals surface area contributed by atoms with Crippen molar-refractivity contribution in [3.63, 3.8) is 0 Å². The first-order chi connectivity index (χ1) is 11.6. The zero-order chi connectivity index (χ0) is 18.0. The van der Waals surface area contributed by atoms with Gasteiger partial charge in [0.2, 0.25) is 5.91 Å². The van der Waals surface area contributed by atoms with Gasteiger partial charge in [0.1, 0.15) is 0 Å². The summed E-state index contributed by atoms with van der Waals surface area (Å²) in [7, 11) is 0. The number of amides is 1. The maximum Gasteiger partial charge on any atom is 0.220 e. The van der Waals surface area contributed by atoms with Crippen LogP contribution in [0.3, 0.4) is 0 Å². The van der Waals surface area contributed by atoms with Crippen LogP contribution in [0.5, 0.6) is 0 Å². The summed E-state index contributed by atoms with van der Waals surface area (Å²) in [6.07, 6.45) is 19.0. The van der Waals surface area contributed by atoms with Gasteiger partial charge in [-0.2, -0.15) is 0 Å². The second kappa shape index (κ2) is 17.3. The first-order valence-electron chi connectivity index (χ1n) is 10.9. The lowest BCUT2D eigenvalue weighted by atomic mass is 9.99. The van der Waals surface area contributed by atoms with Crippen LogP contribution in [0.2, 0.25) is 0 Å². The minimum absolute atomic E-state index is 0.256. The molecule has 0 aromatic heterocycles. The Labute approximate surface area is 152 Å². The quantitative estimate of drug-likeness (QED) is 0.283. The Hall–Kier alpha value is -0.530. The summed E-state index contributed by atoms with van der Waals surface area (Å²) in [4.78, 5) is 12.1. The van der Waals surface area contributed by atoms with Crippen LogP contribution < -0.4 is 5.32 Å². The van der Waals surface area contributed by atoms with Crippen LogP contribution in [0, 0.1) is 5.92 Å². The first-order valence-corrected chi connectivity index (χ1v) is 10.9. The molecular weight excluding hydrogens is 294 g/mol. The highest BCUT2D eigenvalue weighted by atomic mass is 16.1. The van der Waals surface area contributed by atoms with Crippen LogP contribution in [0.4, 0.5) is 0 Å². The minimum Gasteiger partial charge on any atom is -0.353 e. The standard InChI is InChI=1S/C22H45NO/c1-5-7-9-11-13-15-17-21(23-22(24)19-20(3)4)18-16-14-12-10-8-6-2/h20-21H,5-19H2,1-4H3,(H,23,24). The molecular formula is C22H45NO. The molecule has 0 saturated carbocycles. The maximum absolute atomic E-state index is 12.1. The lowest BCUT2D eigenvalue weighted by Gasteiger charge is -2.19. The van der Waals surface area contributed by atoms with Crippen LogP contribution in [0.15, 0.2) is 0 Å². The molecule has 0 atom stereocenters. The first kappa shape index (κ1) is 23.5. The third-order valence-electron chi connectivity index (χ3n) is 4.77. The molecule has 144 valence electrons. The average molecular weight is 340 g/mol. The number of carbonyl (C=O) groups is 1. The second-order valence-corrected chi connectivity index (χ2v) is 7.98. The van der Waals surface area contributed by atoms with E-state index >= 15 is 0 Å². The Morgan fingerprint density at radius 3 is 1.54 bits per heavy atom. The average Bonchev–Trinajstić information content (AvgIpc) is 2.52. The highest BCUT2D eigenvalue weighted by Gasteiger charge is 2.13. The molecule has 0 unspecified atom stereocenters. The lowest BCUT2D eigenvalue weighted by molar-refractivity contribution is -0.122. The zero-order valence-electron chi connectivity index (χ0n) is 17.2. The summed E-state index contributed by atoms with van der Waals surface area (Å²) < 4.78 is 0. The van der Waals surface area contributed by atoms with Crippen molar-refractivity contribution in [2.45, 2.75) is 130 Å². The topological polar surface area (TPSA) is 29.1 Å². The van der Waals surface area contributed by atoms with Crippen LogP contribution in [-0.2, 0) is 4.79 Å². The summed E-state index contributed by atoms with van der Waals surface area (Å²) in [6.45, 7) is 8.77. The molecule has 0 heterocycles. The summed E-state index contributed by atoms with van der Waals surface area (Å²) in [5, 5.41) is 3.31. The summed E-state index contributed by atoms with van der Waals surface area (Å²) in [5.41, 5.74) is 0. The van der Waals surface area contributed by atoms with Crippen LogP contribution in [0.25, 0.3) is 0 Å². The molecule has 1 N–H and O–H groups in total. The normalized spacial score (nSPS) is 11.4. The molecule has 0 aliphatic rings. The molecule has 0 saturated heterocycles. The molecule has 2 heteroatoms. The van der Waals surface area contributed by atoms with E-state index < -0.39 is 0 Å². The summed E-state index contributed by atoms with van der Waals surface area (Å²) in [5.74, 6) is 0.709. The largest absolute Gasteiger partial charge is 0.353 e. The van der Waals surface area contributed by atoms with Gasteiger partial charge in [0.25, 0.3) is 0 Å². The Kier molecular flexibility index (Phi) is 16.9. The second-order valence-electron chi connectivity index (χ2n) is 7.98. The molecule has 0 fully saturated rings. The number of hydrogen-bond donors (Lipinski definition) is 1. The fourth-order valence-corrected chi connectivity index (χ4v) is 3.29. The Morgan fingerprint density at radius 2 is 1.12 bits per heavy atom. The van der Waals surface area contributed by atoms with E-state index in [-0.39, 0.29) is 5.91 Å². The van der Waals surface area contributed by atoms with Gasteiger partial charge in [0, 0.05) is 12.5 Å². The van der Waals surface area contributed by atoms with E-state index in [1.165, 1.54) is 89.9 Å². The Balaban J connectivity index is 3.97. The van der Waals surface area contributed by atoms with E-state index in [9.17, 15) is 4.79 Å². The molecule has 24 heavy (non-hydrogen) atoms. The Bertz CT molecular complexity index is 259. The molecule has 0 aromatic rings. The van der Waals surface area contributed by atoms with Gasteiger partial charge in [-0.25, -0.2) is 0 Å². The predicted molar refractivity (Wildman–Crippen MR) is 107 cm³/mol. The monoisotopic (exact) mass is 339 g/mol. The molecule has 0 bridgehead atoms. The smallest absolute Gasteiger partial charge is 0.220 e. The van der Waals surface area contributed by atoms with Gasteiger partial charge >= 0.3 is 0 Å². The fraction of sp³-hybridized carbons (Fsp3) is 0.955. The van der Waals surface area contributed by atoms with E-state index in [0.717, 1.165) is 0 Å². The predicted octanol–water partition coefficient (Wildman–Crippen LogP) is 7.02. The molecule has 0 aromatic carbocycles. The van der Waals surface area contributed by atoms with Gasteiger partial charge in [-0.15, -0.1) is 0 Å². The third-order valence-corrected chi connectivity index (χ3v) is 4.77. The van der Waals surface area contributed by atoms with E-state index in [1.807, 2.05) is 0 Å². The summed E-state index contributed by atoms with van der Waals surface area (Å²) in [6, 6.07) is 0.411. The van der Waals surface area contributed by atoms with Crippen molar-refractivity contribution in [3.05, 3.63) is 0 Å². The molecule has 0 rings (SSSR count). The van der Waals surface area contributed by atoms with Crippen molar-refractivity contribution in [1.82, 2.24) is 5.32 Å². The van der Waals surface area contributed by atoms with E-state index in [2.05, 4.69) is 33.0 Å². The van der Waals surface area contributed by atoms with Crippen molar-refractivity contribution >= 4 is 5.91 Å². The third kappa shape index (κ3) is 16.3. The van der Waals surface area contributed by atoms with Crippen molar-refractivity contribution in [2.24, 2.45) is 5.92 Å². The number of unbranched alkanes of at least 4 members (excludes halogenated alkanes) is 10. The molecule has 1 amide bonds. The SMILES string of the molecule is CCCCCCCCC(CCCCCCCC)NC(=O)CC(C)C.